The Bertz CT molecular complexity index is 909. The Hall–Kier alpha value is -3.01. The van der Waals surface area contributed by atoms with E-state index in [1.807, 2.05) is 9.80 Å². The van der Waals surface area contributed by atoms with E-state index >= 15 is 0 Å². The molecule has 1 aromatic carbocycles. The summed E-state index contributed by atoms with van der Waals surface area (Å²) < 4.78 is 14.1. The SMILES string of the molecule is CC(C)N(CCNc1ncnc(N2CCN(c3ccccc3F)CC2)c1[N+](=O)[O-])C(C)C. The van der Waals surface area contributed by atoms with Crippen LogP contribution in [0.2, 0.25) is 0 Å². The van der Waals surface area contributed by atoms with Gasteiger partial charge in [-0.1, -0.05) is 12.1 Å². The van der Waals surface area contributed by atoms with Crippen molar-refractivity contribution >= 4 is 23.0 Å². The van der Waals surface area contributed by atoms with E-state index in [4.69, 9.17) is 0 Å². The number of rotatable bonds is 9. The van der Waals surface area contributed by atoms with Crippen LogP contribution in [0.25, 0.3) is 0 Å². The van der Waals surface area contributed by atoms with Gasteiger partial charge in [0.15, 0.2) is 0 Å². The van der Waals surface area contributed by atoms with E-state index < -0.39 is 4.92 Å². The molecule has 0 spiro atoms. The molecule has 2 aromatic rings. The van der Waals surface area contributed by atoms with E-state index in [1.54, 1.807) is 18.2 Å². The predicted octanol–water partition coefficient (Wildman–Crippen LogP) is 3.38. The van der Waals surface area contributed by atoms with E-state index in [0.29, 0.717) is 56.3 Å². The fourth-order valence-corrected chi connectivity index (χ4v) is 4.18. The molecule has 174 valence electrons. The third-order valence-electron chi connectivity index (χ3n) is 5.75. The van der Waals surface area contributed by atoms with Gasteiger partial charge in [0, 0.05) is 51.4 Å². The van der Waals surface area contributed by atoms with Crippen molar-refractivity contribution in [1.29, 1.82) is 0 Å². The fraction of sp³-hybridized carbons (Fsp3) is 0.545. The maximum absolute atomic E-state index is 14.1. The van der Waals surface area contributed by atoms with Crippen LogP contribution in [0.3, 0.4) is 0 Å². The van der Waals surface area contributed by atoms with Crippen LogP contribution in [0.1, 0.15) is 27.7 Å². The van der Waals surface area contributed by atoms with Crippen LogP contribution in [0.5, 0.6) is 0 Å². The minimum absolute atomic E-state index is 0.118. The van der Waals surface area contributed by atoms with Crippen molar-refractivity contribution in [3.63, 3.8) is 0 Å². The van der Waals surface area contributed by atoms with Crippen LogP contribution in [0.4, 0.5) is 27.4 Å². The van der Waals surface area contributed by atoms with Crippen molar-refractivity contribution in [3.05, 3.63) is 46.5 Å². The molecule has 1 aliphatic heterocycles. The van der Waals surface area contributed by atoms with Gasteiger partial charge < -0.3 is 15.1 Å². The Morgan fingerprint density at radius 2 is 1.72 bits per heavy atom. The third kappa shape index (κ3) is 5.42. The lowest BCUT2D eigenvalue weighted by atomic mass is 10.2. The smallest absolute Gasteiger partial charge is 0.353 e. The third-order valence-corrected chi connectivity index (χ3v) is 5.75. The second-order valence-corrected chi connectivity index (χ2v) is 8.43. The number of hydrogen-bond acceptors (Lipinski definition) is 8. The van der Waals surface area contributed by atoms with E-state index in [9.17, 15) is 14.5 Å². The van der Waals surface area contributed by atoms with Gasteiger partial charge in [0.2, 0.25) is 11.6 Å². The zero-order chi connectivity index (χ0) is 23.3. The number of benzene rings is 1. The van der Waals surface area contributed by atoms with Crippen molar-refractivity contribution in [1.82, 2.24) is 14.9 Å². The summed E-state index contributed by atoms with van der Waals surface area (Å²) in [6.45, 7) is 11.9. The number of anilines is 3. The normalized spacial score (nSPS) is 14.5. The summed E-state index contributed by atoms with van der Waals surface area (Å²) in [4.78, 5) is 26.0. The van der Waals surface area contributed by atoms with Crippen LogP contribution >= 0.6 is 0 Å². The molecule has 0 amide bonds. The number of nitrogens with one attached hydrogen (secondary N) is 1. The maximum Gasteiger partial charge on any atom is 0.353 e. The molecule has 1 fully saturated rings. The average molecular weight is 446 g/mol. The van der Waals surface area contributed by atoms with E-state index in [2.05, 4.69) is 47.9 Å². The molecule has 1 aromatic heterocycles. The second-order valence-electron chi connectivity index (χ2n) is 8.43. The molecule has 0 aliphatic carbocycles. The fourth-order valence-electron chi connectivity index (χ4n) is 4.18. The summed E-state index contributed by atoms with van der Waals surface area (Å²) >= 11 is 0. The van der Waals surface area contributed by atoms with Crippen molar-refractivity contribution in [2.24, 2.45) is 0 Å². The topological polar surface area (TPSA) is 90.7 Å². The average Bonchev–Trinajstić information content (AvgIpc) is 2.76. The molecule has 2 heterocycles. The van der Waals surface area contributed by atoms with Gasteiger partial charge in [0.05, 0.1) is 10.6 Å². The maximum atomic E-state index is 14.1. The molecule has 0 bridgehead atoms. The molecule has 1 saturated heterocycles. The standard InChI is InChI=1S/C22H32FN7O2/c1-16(2)29(17(3)4)10-9-24-21-20(30(31)32)22(26-15-25-21)28-13-11-27(12-14-28)19-8-6-5-7-18(19)23/h5-8,15-17H,9-14H2,1-4H3,(H,24,25,26). The van der Waals surface area contributed by atoms with Gasteiger partial charge in [-0.15, -0.1) is 0 Å². The molecule has 9 nitrogen and oxygen atoms in total. The van der Waals surface area contributed by atoms with Gasteiger partial charge in [-0.3, -0.25) is 15.0 Å². The van der Waals surface area contributed by atoms with E-state index in [0.717, 1.165) is 6.54 Å². The lowest BCUT2D eigenvalue weighted by Crippen LogP contribution is -2.47. The highest BCUT2D eigenvalue weighted by molar-refractivity contribution is 5.70. The first-order valence-electron chi connectivity index (χ1n) is 11.0. The number of nitro groups is 1. The molecule has 3 rings (SSSR count). The van der Waals surface area contributed by atoms with Gasteiger partial charge in [-0.25, -0.2) is 14.4 Å². The minimum Gasteiger partial charge on any atom is -0.366 e. The molecular weight excluding hydrogens is 413 g/mol. The molecule has 32 heavy (non-hydrogen) atoms. The largest absolute Gasteiger partial charge is 0.366 e. The molecule has 0 atom stereocenters. The second kappa shape index (κ2) is 10.5. The highest BCUT2D eigenvalue weighted by Gasteiger charge is 2.29. The van der Waals surface area contributed by atoms with Crippen LogP contribution in [-0.4, -0.2) is 71.1 Å². The summed E-state index contributed by atoms with van der Waals surface area (Å²) in [5, 5.41) is 15.1. The summed E-state index contributed by atoms with van der Waals surface area (Å²) in [5.41, 5.74) is 0.430. The minimum atomic E-state index is -0.427. The summed E-state index contributed by atoms with van der Waals surface area (Å²) in [7, 11) is 0. The zero-order valence-corrected chi connectivity index (χ0v) is 19.2. The van der Waals surface area contributed by atoms with Gasteiger partial charge >= 0.3 is 5.69 Å². The lowest BCUT2D eigenvalue weighted by Gasteiger charge is -2.36. The van der Waals surface area contributed by atoms with Crippen LogP contribution in [0, 0.1) is 15.9 Å². The Balaban J connectivity index is 1.71. The summed E-state index contributed by atoms with van der Waals surface area (Å²) in [6.07, 6.45) is 1.36. The Kier molecular flexibility index (Phi) is 7.79. The Labute approximate surface area is 188 Å². The number of para-hydroxylation sites is 1. The van der Waals surface area contributed by atoms with Crippen LogP contribution in [0.15, 0.2) is 30.6 Å². The van der Waals surface area contributed by atoms with E-state index in [-0.39, 0.29) is 17.3 Å². The number of aromatic nitrogens is 2. The van der Waals surface area contributed by atoms with Crippen molar-refractivity contribution in [2.75, 3.05) is 54.4 Å². The first-order chi connectivity index (χ1) is 15.3. The van der Waals surface area contributed by atoms with Crippen LogP contribution < -0.4 is 15.1 Å². The Morgan fingerprint density at radius 1 is 1.09 bits per heavy atom. The van der Waals surface area contributed by atoms with Gasteiger partial charge in [0.1, 0.15) is 12.1 Å². The van der Waals surface area contributed by atoms with Gasteiger partial charge in [0.25, 0.3) is 0 Å². The first kappa shape index (κ1) is 23.6. The summed E-state index contributed by atoms with van der Waals surface area (Å²) in [6, 6.07) is 7.40. The first-order valence-corrected chi connectivity index (χ1v) is 11.0. The van der Waals surface area contributed by atoms with Gasteiger partial charge in [-0.2, -0.15) is 0 Å². The number of piperazine rings is 1. The van der Waals surface area contributed by atoms with Crippen molar-refractivity contribution < 1.29 is 9.31 Å². The molecule has 0 unspecified atom stereocenters. The van der Waals surface area contributed by atoms with E-state index in [1.165, 1.54) is 12.4 Å². The quantitative estimate of drug-likeness (QED) is 0.464. The van der Waals surface area contributed by atoms with Crippen LogP contribution in [-0.2, 0) is 0 Å². The molecular formula is C22H32FN7O2. The number of hydrogen-bond donors (Lipinski definition) is 1. The predicted molar refractivity (Wildman–Crippen MR) is 125 cm³/mol. The van der Waals surface area contributed by atoms with Gasteiger partial charge in [-0.05, 0) is 39.8 Å². The monoisotopic (exact) mass is 445 g/mol. The highest BCUT2D eigenvalue weighted by Crippen LogP contribution is 2.33. The van der Waals surface area contributed by atoms with Crippen molar-refractivity contribution in [2.45, 2.75) is 39.8 Å². The number of nitrogens with zero attached hydrogens (tertiary/aromatic N) is 6. The Morgan fingerprint density at radius 3 is 2.31 bits per heavy atom. The zero-order valence-electron chi connectivity index (χ0n) is 19.2. The molecule has 1 N–H and O–H groups in total. The molecule has 1 aliphatic rings. The summed E-state index contributed by atoms with van der Waals surface area (Å²) in [5.74, 6) is 0.256. The molecule has 10 heteroatoms. The highest BCUT2D eigenvalue weighted by atomic mass is 19.1. The lowest BCUT2D eigenvalue weighted by molar-refractivity contribution is -0.383. The van der Waals surface area contributed by atoms with Crippen molar-refractivity contribution in [3.8, 4) is 0 Å². The number of halogens is 1. The molecule has 0 radical (unpaired) electrons. The molecule has 0 saturated carbocycles.